The normalized spacial score (nSPS) is 23.3. The number of fused-ring (bicyclic) bond motifs is 4. The van der Waals surface area contributed by atoms with Crippen molar-refractivity contribution in [3.63, 3.8) is 0 Å². The van der Waals surface area contributed by atoms with Gasteiger partial charge in [0.1, 0.15) is 11.6 Å². The predicted molar refractivity (Wildman–Crippen MR) is 120 cm³/mol. The monoisotopic (exact) mass is 401 g/mol. The summed E-state index contributed by atoms with van der Waals surface area (Å²) in [5.74, 6) is 2.73. The first kappa shape index (κ1) is 19.1. The van der Waals surface area contributed by atoms with Gasteiger partial charge in [0.2, 0.25) is 0 Å². The number of ether oxygens (including phenoxy) is 1. The van der Waals surface area contributed by atoms with E-state index < -0.39 is 0 Å². The first-order valence-corrected chi connectivity index (χ1v) is 10.9. The van der Waals surface area contributed by atoms with E-state index in [-0.39, 0.29) is 5.56 Å². The molecule has 5 heteroatoms. The van der Waals surface area contributed by atoms with Gasteiger partial charge < -0.3 is 9.64 Å². The van der Waals surface area contributed by atoms with Crippen molar-refractivity contribution in [3.05, 3.63) is 71.2 Å². The Balaban J connectivity index is 1.42. The van der Waals surface area contributed by atoms with Gasteiger partial charge in [0.15, 0.2) is 0 Å². The van der Waals surface area contributed by atoms with Crippen molar-refractivity contribution < 1.29 is 4.74 Å². The molecular formula is C25H27N3O2. The van der Waals surface area contributed by atoms with Crippen LogP contribution in [0.3, 0.4) is 0 Å². The number of benzene rings is 2. The Bertz CT molecular complexity index is 1130. The largest absolute Gasteiger partial charge is 0.465 e. The molecule has 0 spiro atoms. The highest BCUT2D eigenvalue weighted by molar-refractivity contribution is 5.81. The molecule has 0 aliphatic carbocycles. The lowest BCUT2D eigenvalue weighted by Gasteiger charge is -2.43. The fourth-order valence-electron chi connectivity index (χ4n) is 4.82. The van der Waals surface area contributed by atoms with E-state index in [1.807, 2.05) is 55.5 Å². The summed E-state index contributed by atoms with van der Waals surface area (Å²) in [5, 5.41) is 0.588. The number of hydrogen-bond donors (Lipinski definition) is 0. The van der Waals surface area contributed by atoms with E-state index in [1.54, 1.807) is 10.8 Å². The summed E-state index contributed by atoms with van der Waals surface area (Å²) in [6.07, 6.45) is 6.58. The van der Waals surface area contributed by atoms with Crippen LogP contribution in [-0.4, -0.2) is 34.1 Å². The third kappa shape index (κ3) is 3.54. The summed E-state index contributed by atoms with van der Waals surface area (Å²) in [5.41, 5.74) is 1.60. The molecule has 3 aromatic rings. The van der Waals surface area contributed by atoms with Gasteiger partial charge in [-0.15, -0.1) is 0 Å². The highest BCUT2D eigenvalue weighted by Gasteiger charge is 2.32. The molecule has 3 saturated heterocycles. The Morgan fingerprint density at radius 3 is 2.63 bits per heavy atom. The zero-order valence-corrected chi connectivity index (χ0v) is 17.3. The van der Waals surface area contributed by atoms with Crippen LogP contribution >= 0.6 is 0 Å². The molecule has 1 aromatic heterocycles. The summed E-state index contributed by atoms with van der Waals surface area (Å²) in [6.45, 7) is 6.15. The molecule has 0 saturated carbocycles. The maximum atomic E-state index is 13.2. The number of piperidine rings is 3. The number of aromatic nitrogens is 2. The van der Waals surface area contributed by atoms with Gasteiger partial charge in [0.05, 0.1) is 17.2 Å². The van der Waals surface area contributed by atoms with Crippen LogP contribution in [0.4, 0.5) is 0 Å². The molecule has 0 radical (unpaired) electrons. The van der Waals surface area contributed by atoms with Crippen molar-refractivity contribution in [1.29, 1.82) is 0 Å². The predicted octanol–water partition coefficient (Wildman–Crippen LogP) is 4.32. The van der Waals surface area contributed by atoms with E-state index >= 15 is 0 Å². The minimum atomic E-state index is -0.0341. The molecule has 1 unspecified atom stereocenters. The third-order valence-electron chi connectivity index (χ3n) is 6.51. The Labute approximate surface area is 176 Å². The lowest BCUT2D eigenvalue weighted by Crippen LogP contribution is -2.46. The van der Waals surface area contributed by atoms with Gasteiger partial charge in [-0.3, -0.25) is 9.36 Å². The van der Waals surface area contributed by atoms with Crippen molar-refractivity contribution in [2.24, 2.45) is 11.8 Å². The minimum absolute atomic E-state index is 0.0341. The highest BCUT2D eigenvalue weighted by atomic mass is 16.5. The first-order chi connectivity index (χ1) is 14.7. The Morgan fingerprint density at radius 1 is 1.13 bits per heavy atom. The van der Waals surface area contributed by atoms with Crippen molar-refractivity contribution in [3.8, 4) is 17.1 Å². The molecule has 0 amide bonds. The van der Waals surface area contributed by atoms with Gasteiger partial charge >= 0.3 is 0 Å². The quantitative estimate of drug-likeness (QED) is 0.598. The van der Waals surface area contributed by atoms with E-state index in [0.717, 1.165) is 18.0 Å². The summed E-state index contributed by atoms with van der Waals surface area (Å²) >= 11 is 0. The molecule has 30 heavy (non-hydrogen) atoms. The summed E-state index contributed by atoms with van der Waals surface area (Å²) in [4.78, 5) is 20.5. The molecule has 4 heterocycles. The molecule has 6 rings (SSSR count). The second-order valence-electron chi connectivity index (χ2n) is 8.28. The van der Waals surface area contributed by atoms with E-state index in [2.05, 4.69) is 11.0 Å². The van der Waals surface area contributed by atoms with Gasteiger partial charge in [-0.25, -0.2) is 4.98 Å². The fraction of sp³-hybridized carbons (Fsp3) is 0.360. The van der Waals surface area contributed by atoms with Crippen molar-refractivity contribution in [2.75, 3.05) is 19.6 Å². The third-order valence-corrected chi connectivity index (χ3v) is 6.51. The van der Waals surface area contributed by atoms with Crippen LogP contribution in [0.15, 0.2) is 65.7 Å². The fourth-order valence-corrected chi connectivity index (χ4v) is 4.82. The summed E-state index contributed by atoms with van der Waals surface area (Å²) in [6, 6.07) is 15.4. The molecule has 2 aromatic carbocycles. The van der Waals surface area contributed by atoms with Crippen LogP contribution < -0.4 is 10.3 Å². The van der Waals surface area contributed by atoms with Crippen LogP contribution in [-0.2, 0) is 6.54 Å². The molecule has 154 valence electrons. The minimum Gasteiger partial charge on any atom is -0.465 e. The molecule has 2 bridgehead atoms. The van der Waals surface area contributed by atoms with Gasteiger partial charge in [0.25, 0.3) is 5.56 Å². The second-order valence-corrected chi connectivity index (χ2v) is 8.28. The molecule has 1 atom stereocenters. The van der Waals surface area contributed by atoms with Gasteiger partial charge in [-0.2, -0.15) is 0 Å². The number of nitrogens with zero attached hydrogens (tertiary/aromatic N) is 3. The summed E-state index contributed by atoms with van der Waals surface area (Å²) in [7, 11) is 0. The van der Waals surface area contributed by atoms with Gasteiger partial charge in [-0.1, -0.05) is 30.3 Å². The van der Waals surface area contributed by atoms with Gasteiger partial charge in [-0.05, 0) is 69.0 Å². The van der Waals surface area contributed by atoms with E-state index in [4.69, 9.17) is 9.72 Å². The summed E-state index contributed by atoms with van der Waals surface area (Å²) < 4.78 is 7.62. The van der Waals surface area contributed by atoms with Crippen LogP contribution in [0.2, 0.25) is 0 Å². The van der Waals surface area contributed by atoms with Crippen LogP contribution in [0, 0.1) is 11.8 Å². The Kier molecular flexibility index (Phi) is 5.13. The molecule has 0 N–H and O–H groups in total. The maximum Gasteiger partial charge on any atom is 0.261 e. The average molecular weight is 402 g/mol. The topological polar surface area (TPSA) is 47.4 Å². The Hall–Kier alpha value is -2.92. The number of rotatable bonds is 5. The average Bonchev–Trinajstić information content (AvgIpc) is 2.81. The standard InChI is InChI=1S/C25H27N3O2/c1-2-28-24(19-6-4-3-5-7-19)26-23-9-8-21(16-22(23)25(28)29)30-15-12-20-17-27-13-10-18(20)11-14-27/h3-9,12,15-16,18,20H,2,10-11,13-14,17H2,1H3. The van der Waals surface area contributed by atoms with Crippen molar-refractivity contribution in [1.82, 2.24) is 14.5 Å². The van der Waals surface area contributed by atoms with Crippen LogP contribution in [0.5, 0.6) is 5.75 Å². The zero-order chi connectivity index (χ0) is 20.5. The van der Waals surface area contributed by atoms with Gasteiger partial charge in [0, 0.05) is 18.7 Å². The molecule has 3 fully saturated rings. The van der Waals surface area contributed by atoms with Crippen LogP contribution in [0.1, 0.15) is 19.8 Å². The lowest BCUT2D eigenvalue weighted by atomic mass is 9.79. The van der Waals surface area contributed by atoms with Crippen LogP contribution in [0.25, 0.3) is 22.3 Å². The molecule has 3 aliphatic heterocycles. The highest BCUT2D eigenvalue weighted by Crippen LogP contribution is 2.33. The lowest BCUT2D eigenvalue weighted by molar-refractivity contribution is 0.0729. The zero-order valence-electron chi connectivity index (χ0n) is 17.3. The maximum absolute atomic E-state index is 13.2. The second kappa shape index (κ2) is 8.07. The molecule has 5 nitrogen and oxygen atoms in total. The van der Waals surface area contributed by atoms with E-state index in [9.17, 15) is 4.79 Å². The molecular weight excluding hydrogens is 374 g/mol. The first-order valence-electron chi connectivity index (χ1n) is 10.9. The Morgan fingerprint density at radius 2 is 1.93 bits per heavy atom. The van der Waals surface area contributed by atoms with E-state index in [1.165, 1.54) is 25.9 Å². The molecule has 3 aliphatic rings. The number of hydrogen-bond acceptors (Lipinski definition) is 4. The van der Waals surface area contributed by atoms with Crippen molar-refractivity contribution in [2.45, 2.75) is 26.3 Å². The SMILES string of the molecule is CCn1c(-c2ccccc2)nc2ccc(OC=CC3CN4CCC3CC4)cc2c1=O. The smallest absolute Gasteiger partial charge is 0.261 e. The van der Waals surface area contributed by atoms with Crippen molar-refractivity contribution >= 4 is 10.9 Å². The van der Waals surface area contributed by atoms with E-state index in [0.29, 0.717) is 34.9 Å².